The number of benzene rings is 3. The Kier molecular flexibility index (Phi) is 7.00. The maximum Gasteiger partial charge on any atom is 0.348 e. The highest BCUT2D eigenvalue weighted by atomic mass is 16.6. The van der Waals surface area contributed by atoms with Gasteiger partial charge in [0.2, 0.25) is 5.60 Å². The van der Waals surface area contributed by atoms with Crippen LogP contribution in [0.15, 0.2) is 84.9 Å². The van der Waals surface area contributed by atoms with E-state index in [4.69, 9.17) is 9.47 Å². The van der Waals surface area contributed by atoms with Gasteiger partial charge in [0.05, 0.1) is 20.2 Å². The van der Waals surface area contributed by atoms with Crippen LogP contribution >= 0.6 is 0 Å². The summed E-state index contributed by atoms with van der Waals surface area (Å²) in [6, 6.07) is 25.1. The van der Waals surface area contributed by atoms with Crippen LogP contribution in [0.25, 0.3) is 0 Å². The fourth-order valence-electron chi connectivity index (χ4n) is 5.74. The highest BCUT2D eigenvalue weighted by Gasteiger charge is 2.51. The van der Waals surface area contributed by atoms with Crippen molar-refractivity contribution < 1.29 is 28.7 Å². The number of hydrogen-bond donors (Lipinski definition) is 2. The van der Waals surface area contributed by atoms with Gasteiger partial charge >= 0.3 is 5.97 Å². The molecule has 1 unspecified atom stereocenters. The summed E-state index contributed by atoms with van der Waals surface area (Å²) in [5.41, 5.74) is -0.259. The molecule has 3 aliphatic rings. The third-order valence-corrected chi connectivity index (χ3v) is 7.83. The predicted molar refractivity (Wildman–Crippen MR) is 140 cm³/mol. The van der Waals surface area contributed by atoms with Crippen LogP contribution in [0.2, 0.25) is 0 Å². The van der Waals surface area contributed by atoms with Gasteiger partial charge in [-0.2, -0.15) is 0 Å². The van der Waals surface area contributed by atoms with Crippen LogP contribution in [0.5, 0.6) is 5.75 Å². The van der Waals surface area contributed by atoms with Gasteiger partial charge in [0.1, 0.15) is 12.3 Å². The first-order chi connectivity index (χ1) is 17.9. The van der Waals surface area contributed by atoms with Gasteiger partial charge < -0.3 is 24.4 Å². The third kappa shape index (κ3) is 5.10. The van der Waals surface area contributed by atoms with Crippen LogP contribution < -0.4 is 10.1 Å². The molecule has 192 valence electrons. The second-order valence-corrected chi connectivity index (χ2v) is 10.1. The van der Waals surface area contributed by atoms with E-state index in [1.54, 1.807) is 55.6 Å². The maximum atomic E-state index is 13.7. The first-order valence-corrected chi connectivity index (χ1v) is 12.8. The van der Waals surface area contributed by atoms with E-state index in [0.717, 1.165) is 37.4 Å². The zero-order valence-corrected chi connectivity index (χ0v) is 21.0. The molecule has 1 amide bonds. The third-order valence-electron chi connectivity index (χ3n) is 7.83. The Morgan fingerprint density at radius 1 is 0.919 bits per heavy atom. The van der Waals surface area contributed by atoms with Crippen molar-refractivity contribution in [2.24, 2.45) is 5.92 Å². The molecule has 3 aromatic carbocycles. The summed E-state index contributed by atoms with van der Waals surface area (Å²) in [5.74, 6) is 0.211. The summed E-state index contributed by atoms with van der Waals surface area (Å²) in [6.45, 7) is 2.62. The van der Waals surface area contributed by atoms with Crippen LogP contribution in [0.4, 0.5) is 5.69 Å². The van der Waals surface area contributed by atoms with E-state index in [1.165, 1.54) is 0 Å². The Hall–Kier alpha value is -3.68. The molecule has 0 spiro atoms. The van der Waals surface area contributed by atoms with Gasteiger partial charge in [-0.15, -0.1) is 0 Å². The minimum atomic E-state index is -1.91. The Bertz CT molecular complexity index is 1180. The lowest BCUT2D eigenvalue weighted by Gasteiger charge is -2.51. The molecule has 6 rings (SSSR count). The first-order valence-electron chi connectivity index (χ1n) is 12.8. The number of rotatable bonds is 8. The summed E-state index contributed by atoms with van der Waals surface area (Å²) in [5, 5.41) is 14.8. The van der Waals surface area contributed by atoms with Crippen molar-refractivity contribution in [3.05, 3.63) is 96.1 Å². The Morgan fingerprint density at radius 2 is 1.49 bits per heavy atom. The average molecular weight is 502 g/mol. The fraction of sp³-hybridized carbons (Fsp3) is 0.333. The number of esters is 1. The minimum absolute atomic E-state index is 0.0688. The summed E-state index contributed by atoms with van der Waals surface area (Å²) < 4.78 is 11.9. The van der Waals surface area contributed by atoms with Crippen LogP contribution in [-0.2, 0) is 19.9 Å². The maximum absolute atomic E-state index is 13.7. The van der Waals surface area contributed by atoms with Crippen molar-refractivity contribution in [1.82, 2.24) is 0 Å². The number of fused-ring (bicyclic) bond motifs is 3. The lowest BCUT2D eigenvalue weighted by Crippen LogP contribution is -2.66. The van der Waals surface area contributed by atoms with E-state index in [-0.39, 0.29) is 17.9 Å². The highest BCUT2D eigenvalue weighted by Crippen LogP contribution is 2.38. The molecule has 1 atom stereocenters. The van der Waals surface area contributed by atoms with E-state index in [1.807, 2.05) is 36.4 Å². The first kappa shape index (κ1) is 25.0. The molecular formula is C30H33N2O5+. The normalized spacial score (nSPS) is 22.8. The molecule has 2 N–H and O–H groups in total. The van der Waals surface area contributed by atoms with E-state index < -0.39 is 11.6 Å². The Balaban J connectivity index is 1.31. The van der Waals surface area contributed by atoms with Gasteiger partial charge in [-0.3, -0.25) is 4.79 Å². The number of quaternary nitrogens is 1. The van der Waals surface area contributed by atoms with Gasteiger partial charge in [-0.05, 0) is 35.4 Å². The summed E-state index contributed by atoms with van der Waals surface area (Å²) in [6.07, 6.45) is 1.40. The molecule has 2 bridgehead atoms. The molecule has 7 nitrogen and oxygen atoms in total. The number of amides is 1. The molecule has 0 aliphatic carbocycles. The number of piperidine rings is 3. The number of aliphatic hydroxyl groups is 1. The van der Waals surface area contributed by atoms with Crippen molar-refractivity contribution in [2.45, 2.75) is 24.5 Å². The van der Waals surface area contributed by atoms with E-state index in [2.05, 4.69) is 5.32 Å². The second-order valence-electron chi connectivity index (χ2n) is 10.1. The quantitative estimate of drug-likeness (QED) is 0.363. The molecule has 3 saturated heterocycles. The molecule has 0 saturated carbocycles. The van der Waals surface area contributed by atoms with Gasteiger partial charge in [0.15, 0.2) is 12.6 Å². The van der Waals surface area contributed by atoms with Crippen LogP contribution in [0.1, 0.15) is 24.0 Å². The average Bonchev–Trinajstić information content (AvgIpc) is 2.94. The largest absolute Gasteiger partial charge is 0.497 e. The second kappa shape index (κ2) is 10.4. The minimum Gasteiger partial charge on any atom is -0.497 e. The van der Waals surface area contributed by atoms with Crippen molar-refractivity contribution >= 4 is 17.6 Å². The van der Waals surface area contributed by atoms with Crippen molar-refractivity contribution in [3.63, 3.8) is 0 Å². The van der Waals surface area contributed by atoms with Crippen LogP contribution in [0, 0.1) is 5.92 Å². The van der Waals surface area contributed by atoms with Crippen LogP contribution in [-0.4, -0.2) is 60.9 Å². The Labute approximate surface area is 217 Å². The lowest BCUT2D eigenvalue weighted by atomic mass is 9.82. The number of nitrogens with one attached hydrogen (secondary N) is 1. The molecule has 3 fully saturated rings. The van der Waals surface area contributed by atoms with E-state index in [9.17, 15) is 14.7 Å². The van der Waals surface area contributed by atoms with Gasteiger partial charge in [-0.25, -0.2) is 4.79 Å². The number of anilines is 1. The van der Waals surface area contributed by atoms with Gasteiger partial charge in [0.25, 0.3) is 5.91 Å². The molecule has 3 aromatic rings. The van der Waals surface area contributed by atoms with E-state index in [0.29, 0.717) is 28.7 Å². The number of nitrogens with zero attached hydrogens (tertiary/aromatic N) is 1. The Morgan fingerprint density at radius 3 is 2.03 bits per heavy atom. The zero-order chi connectivity index (χ0) is 25.9. The van der Waals surface area contributed by atoms with Crippen molar-refractivity contribution in [1.29, 1.82) is 0 Å². The fourth-order valence-corrected chi connectivity index (χ4v) is 5.74. The lowest BCUT2D eigenvalue weighted by molar-refractivity contribution is -0.939. The van der Waals surface area contributed by atoms with Gasteiger partial charge in [-0.1, -0.05) is 60.7 Å². The van der Waals surface area contributed by atoms with E-state index >= 15 is 0 Å². The van der Waals surface area contributed by atoms with Crippen LogP contribution in [0.3, 0.4) is 0 Å². The standard InChI is InChI=1S/C30H32N2O5/c1-36-26-14-12-25(13-15-26)31-28(33)21-32-18-16-22(17-19-32)27(20-32)37-29(34)30(35,23-8-4-2-5-9-23)24-10-6-3-7-11-24/h2-15,22,27,35H,16-21H2,1H3/p+1. The number of carbonyl (C=O) groups is 2. The molecule has 7 heteroatoms. The van der Waals surface area contributed by atoms with Crippen molar-refractivity contribution in [3.8, 4) is 5.75 Å². The summed E-state index contributed by atoms with van der Waals surface area (Å²) >= 11 is 0. The number of carbonyl (C=O) groups excluding carboxylic acids is 2. The molecule has 3 heterocycles. The molecule has 0 radical (unpaired) electrons. The molecule has 0 aromatic heterocycles. The summed E-state index contributed by atoms with van der Waals surface area (Å²) in [7, 11) is 1.60. The molecule has 3 aliphatic heterocycles. The monoisotopic (exact) mass is 501 g/mol. The number of hydrogen-bond acceptors (Lipinski definition) is 5. The molecular weight excluding hydrogens is 468 g/mol. The predicted octanol–water partition coefficient (Wildman–Crippen LogP) is 3.72. The molecule has 37 heavy (non-hydrogen) atoms. The topological polar surface area (TPSA) is 84.9 Å². The SMILES string of the molecule is COc1ccc(NC(=O)C[N+]23CCC(CC2)C(OC(=O)C(O)(c2ccccc2)c2ccccc2)C3)cc1. The number of methoxy groups -OCH3 is 1. The highest BCUT2D eigenvalue weighted by molar-refractivity contribution is 5.91. The van der Waals surface area contributed by atoms with Crippen molar-refractivity contribution in [2.75, 3.05) is 38.6 Å². The number of ether oxygens (including phenoxy) is 2. The smallest absolute Gasteiger partial charge is 0.348 e. The zero-order valence-electron chi connectivity index (χ0n) is 21.0. The summed E-state index contributed by atoms with van der Waals surface area (Å²) in [4.78, 5) is 26.6. The van der Waals surface area contributed by atoms with Gasteiger partial charge in [0, 0.05) is 24.4 Å².